The van der Waals surface area contributed by atoms with Crippen molar-refractivity contribution in [3.05, 3.63) is 0 Å². The first kappa shape index (κ1) is 25.0. The van der Waals surface area contributed by atoms with Crippen molar-refractivity contribution in [1.82, 2.24) is 0 Å². The number of ketones is 3. The molecule has 0 fully saturated rings. The van der Waals surface area contributed by atoms with Crippen molar-refractivity contribution in [2.24, 2.45) is 11.8 Å². The molecule has 152 valence electrons. The minimum absolute atomic E-state index is 0.0715. The molecule has 0 heterocycles. The third kappa shape index (κ3) is 11.6. The van der Waals surface area contributed by atoms with Gasteiger partial charge in [-0.1, -0.05) is 90.9 Å². The summed E-state index contributed by atoms with van der Waals surface area (Å²) in [5.74, 6) is -1.41. The molecule has 0 aliphatic heterocycles. The van der Waals surface area contributed by atoms with Crippen molar-refractivity contribution in [3.63, 3.8) is 0 Å². The van der Waals surface area contributed by atoms with Crippen molar-refractivity contribution in [2.45, 2.75) is 118 Å². The first-order valence-corrected chi connectivity index (χ1v) is 11.0. The van der Waals surface area contributed by atoms with Gasteiger partial charge >= 0.3 is 0 Å². The highest BCUT2D eigenvalue weighted by Gasteiger charge is 2.31. The molecule has 2 unspecified atom stereocenters. The van der Waals surface area contributed by atoms with Gasteiger partial charge in [0, 0.05) is 0 Å². The Morgan fingerprint density at radius 1 is 0.538 bits per heavy atom. The highest BCUT2D eigenvalue weighted by Crippen LogP contribution is 2.22. The summed E-state index contributed by atoms with van der Waals surface area (Å²) in [4.78, 5) is 36.8. The maximum atomic E-state index is 12.8. The summed E-state index contributed by atoms with van der Waals surface area (Å²) in [5.41, 5.74) is 0. The van der Waals surface area contributed by atoms with Crippen LogP contribution in [0.15, 0.2) is 0 Å². The van der Waals surface area contributed by atoms with E-state index in [0.29, 0.717) is 12.8 Å². The molecule has 2 atom stereocenters. The van der Waals surface area contributed by atoms with E-state index >= 15 is 0 Å². The molecule has 0 aromatic carbocycles. The second kappa shape index (κ2) is 16.2. The summed E-state index contributed by atoms with van der Waals surface area (Å²) in [6.45, 7) is 7.38. The standard InChI is InChI=1S/C23H42O3/c1-5-7-9-11-13-15-17-21(19(3)24)23(26)22(20(4)25)18-16-14-12-10-8-6-2/h21-22H,5-18H2,1-4H3. The van der Waals surface area contributed by atoms with E-state index in [2.05, 4.69) is 13.8 Å². The molecule has 0 radical (unpaired) electrons. The van der Waals surface area contributed by atoms with Gasteiger partial charge in [-0.25, -0.2) is 0 Å². The van der Waals surface area contributed by atoms with E-state index in [1.807, 2.05) is 0 Å². The predicted octanol–water partition coefficient (Wildman–Crippen LogP) is 6.47. The predicted molar refractivity (Wildman–Crippen MR) is 109 cm³/mol. The Balaban J connectivity index is 4.42. The van der Waals surface area contributed by atoms with E-state index < -0.39 is 11.8 Å². The summed E-state index contributed by atoms with van der Waals surface area (Å²) in [6.07, 6.45) is 14.9. The Labute approximate surface area is 161 Å². The van der Waals surface area contributed by atoms with Crippen molar-refractivity contribution >= 4 is 17.3 Å². The zero-order chi connectivity index (χ0) is 19.8. The number of hydrogen-bond acceptors (Lipinski definition) is 3. The average Bonchev–Trinajstić information content (AvgIpc) is 2.59. The quantitative estimate of drug-likeness (QED) is 0.206. The van der Waals surface area contributed by atoms with Crippen molar-refractivity contribution in [1.29, 1.82) is 0 Å². The zero-order valence-electron chi connectivity index (χ0n) is 17.8. The Morgan fingerprint density at radius 3 is 1.15 bits per heavy atom. The van der Waals surface area contributed by atoms with Crippen LogP contribution in [0.1, 0.15) is 118 Å². The Bertz CT molecular complexity index is 364. The normalized spacial score (nSPS) is 13.4. The maximum absolute atomic E-state index is 12.8. The first-order chi connectivity index (χ1) is 12.5. The molecule has 26 heavy (non-hydrogen) atoms. The zero-order valence-corrected chi connectivity index (χ0v) is 17.8. The van der Waals surface area contributed by atoms with Crippen LogP contribution in [0.4, 0.5) is 0 Å². The van der Waals surface area contributed by atoms with Gasteiger partial charge in [0.05, 0.1) is 11.8 Å². The Kier molecular flexibility index (Phi) is 15.6. The molecule has 0 aromatic heterocycles. The monoisotopic (exact) mass is 366 g/mol. The minimum atomic E-state index is -0.574. The van der Waals surface area contributed by atoms with E-state index in [1.54, 1.807) is 0 Å². The number of rotatable bonds is 18. The van der Waals surface area contributed by atoms with Gasteiger partial charge in [-0.2, -0.15) is 0 Å². The fourth-order valence-corrected chi connectivity index (χ4v) is 3.59. The molecule has 0 rings (SSSR count). The van der Waals surface area contributed by atoms with Crippen LogP contribution in [-0.4, -0.2) is 17.3 Å². The third-order valence-corrected chi connectivity index (χ3v) is 5.36. The minimum Gasteiger partial charge on any atom is -0.299 e. The van der Waals surface area contributed by atoms with Crippen molar-refractivity contribution in [3.8, 4) is 0 Å². The molecule has 0 saturated carbocycles. The summed E-state index contributed by atoms with van der Waals surface area (Å²) in [7, 11) is 0. The van der Waals surface area contributed by atoms with Crippen LogP contribution >= 0.6 is 0 Å². The highest BCUT2D eigenvalue weighted by molar-refractivity contribution is 6.10. The maximum Gasteiger partial charge on any atom is 0.153 e. The number of carbonyl (C=O) groups is 3. The fourth-order valence-electron chi connectivity index (χ4n) is 3.59. The van der Waals surface area contributed by atoms with Gasteiger partial charge in [0.25, 0.3) is 0 Å². The molecular formula is C23H42O3. The second-order valence-corrected chi connectivity index (χ2v) is 7.84. The van der Waals surface area contributed by atoms with Gasteiger partial charge in [-0.3, -0.25) is 14.4 Å². The van der Waals surface area contributed by atoms with Gasteiger partial charge in [0.15, 0.2) is 5.78 Å². The summed E-state index contributed by atoms with van der Waals surface area (Å²) < 4.78 is 0. The van der Waals surface area contributed by atoms with Gasteiger partial charge in [0.1, 0.15) is 11.6 Å². The van der Waals surface area contributed by atoms with Crippen LogP contribution in [0.2, 0.25) is 0 Å². The number of unbranched alkanes of at least 4 members (excludes halogenated alkanes) is 10. The number of hydrogen-bond donors (Lipinski definition) is 0. The van der Waals surface area contributed by atoms with Crippen LogP contribution < -0.4 is 0 Å². The lowest BCUT2D eigenvalue weighted by atomic mass is 9.82. The number of Topliss-reactive ketones (excluding diaryl/α,β-unsaturated/α-hetero) is 3. The largest absolute Gasteiger partial charge is 0.299 e. The second-order valence-electron chi connectivity index (χ2n) is 7.84. The van der Waals surface area contributed by atoms with Crippen LogP contribution in [0.3, 0.4) is 0 Å². The molecule has 0 aromatic rings. The van der Waals surface area contributed by atoms with Crippen LogP contribution in [0, 0.1) is 11.8 Å². The topological polar surface area (TPSA) is 51.2 Å². The lowest BCUT2D eigenvalue weighted by Gasteiger charge is -2.19. The molecule has 0 N–H and O–H groups in total. The van der Waals surface area contributed by atoms with Crippen molar-refractivity contribution < 1.29 is 14.4 Å². The van der Waals surface area contributed by atoms with E-state index in [-0.39, 0.29) is 17.3 Å². The van der Waals surface area contributed by atoms with Crippen LogP contribution in [-0.2, 0) is 14.4 Å². The summed E-state index contributed by atoms with van der Waals surface area (Å²) >= 11 is 0. The highest BCUT2D eigenvalue weighted by atomic mass is 16.2. The molecule has 0 bridgehead atoms. The molecule has 0 aliphatic carbocycles. The van der Waals surface area contributed by atoms with E-state index in [4.69, 9.17) is 0 Å². The Morgan fingerprint density at radius 2 is 0.846 bits per heavy atom. The van der Waals surface area contributed by atoms with Gasteiger partial charge < -0.3 is 0 Å². The molecule has 0 amide bonds. The molecule has 3 heteroatoms. The number of carbonyl (C=O) groups excluding carboxylic acids is 3. The van der Waals surface area contributed by atoms with E-state index in [0.717, 1.165) is 25.7 Å². The summed E-state index contributed by atoms with van der Waals surface area (Å²) in [6, 6.07) is 0. The lowest BCUT2D eigenvalue weighted by molar-refractivity contribution is -0.138. The van der Waals surface area contributed by atoms with Gasteiger partial charge in [0.2, 0.25) is 0 Å². The molecule has 0 spiro atoms. The molecule has 0 aliphatic rings. The lowest BCUT2D eigenvalue weighted by Crippen LogP contribution is -2.32. The summed E-state index contributed by atoms with van der Waals surface area (Å²) in [5, 5.41) is 0. The molecule has 3 nitrogen and oxygen atoms in total. The van der Waals surface area contributed by atoms with E-state index in [9.17, 15) is 14.4 Å². The van der Waals surface area contributed by atoms with E-state index in [1.165, 1.54) is 65.2 Å². The third-order valence-electron chi connectivity index (χ3n) is 5.36. The van der Waals surface area contributed by atoms with Gasteiger partial charge in [-0.05, 0) is 26.7 Å². The van der Waals surface area contributed by atoms with Crippen molar-refractivity contribution in [2.75, 3.05) is 0 Å². The smallest absolute Gasteiger partial charge is 0.153 e. The SMILES string of the molecule is CCCCCCCCC(C(C)=O)C(=O)C(CCCCCCCC)C(C)=O. The van der Waals surface area contributed by atoms with Gasteiger partial charge in [-0.15, -0.1) is 0 Å². The fraction of sp³-hybridized carbons (Fsp3) is 0.870. The van der Waals surface area contributed by atoms with Crippen LogP contribution in [0.25, 0.3) is 0 Å². The molecule has 0 saturated heterocycles. The van der Waals surface area contributed by atoms with Crippen LogP contribution in [0.5, 0.6) is 0 Å². The first-order valence-electron chi connectivity index (χ1n) is 11.0. The Hall–Kier alpha value is -0.990. The average molecular weight is 367 g/mol. The molecular weight excluding hydrogens is 324 g/mol.